The van der Waals surface area contributed by atoms with Crippen molar-refractivity contribution in [3.8, 4) is 0 Å². The Bertz CT molecular complexity index is 918. The molecule has 0 radical (unpaired) electrons. The Morgan fingerprint density at radius 3 is 2.57 bits per heavy atom. The second kappa shape index (κ2) is 11.7. The topological polar surface area (TPSA) is 98.4 Å². The SMILES string of the molecule is C=C(/C=C\CC(C)Cl)NC1=NC(=C/C(=C)C(=O)O)/C(=C\C)C(=C)C1=NC(=NC)NC. The monoisotopic (exact) mass is 429 g/mol. The first kappa shape index (κ1) is 24.8. The standard InChI is InChI=1S/C22H28ClN5O2/c1-8-17-16(5)19(28-22(24-6)25-7)20(26-15(4)11-9-10-14(3)23)27-18(17)12-13(2)21(29)30/h8-9,11-12,14H,2,4-5,10H2,1,3,6-7H3,(H,24,25)(H,26,27)(H,29,30)/b11-9-,17-8-,18-12+,28-19?. The molecular formula is C22H28ClN5O2. The Labute approximate surface area is 182 Å². The fraction of sp³-hybridized carbons (Fsp3) is 0.273. The Morgan fingerprint density at radius 1 is 1.40 bits per heavy atom. The first-order valence-corrected chi connectivity index (χ1v) is 9.67. The van der Waals surface area contributed by atoms with E-state index in [-0.39, 0.29) is 11.0 Å². The molecule has 0 fully saturated rings. The van der Waals surface area contributed by atoms with Crippen LogP contribution in [0.2, 0.25) is 0 Å². The van der Waals surface area contributed by atoms with Crippen molar-refractivity contribution in [3.63, 3.8) is 0 Å². The summed E-state index contributed by atoms with van der Waals surface area (Å²) < 4.78 is 0. The molecule has 0 aromatic heterocycles. The number of amidine groups is 1. The van der Waals surface area contributed by atoms with Crippen molar-refractivity contribution in [1.82, 2.24) is 10.6 Å². The Hall–Kier alpha value is -3.19. The maximum Gasteiger partial charge on any atom is 0.335 e. The van der Waals surface area contributed by atoms with Gasteiger partial charge in [0, 0.05) is 36.3 Å². The number of carboxylic acids is 1. The first-order valence-electron chi connectivity index (χ1n) is 9.23. The number of nitrogens with zero attached hydrogens (tertiary/aromatic N) is 3. The van der Waals surface area contributed by atoms with E-state index in [1.165, 1.54) is 6.08 Å². The highest BCUT2D eigenvalue weighted by atomic mass is 35.5. The highest BCUT2D eigenvalue weighted by molar-refractivity contribution is 6.51. The van der Waals surface area contributed by atoms with E-state index in [0.29, 0.717) is 46.5 Å². The summed E-state index contributed by atoms with van der Waals surface area (Å²) in [6, 6.07) is 0. The largest absolute Gasteiger partial charge is 0.478 e. The summed E-state index contributed by atoms with van der Waals surface area (Å²) in [4.78, 5) is 24.4. The number of nitrogens with one attached hydrogen (secondary N) is 2. The number of carbonyl (C=O) groups is 1. The molecule has 3 N–H and O–H groups in total. The van der Waals surface area contributed by atoms with Crippen LogP contribution in [0.3, 0.4) is 0 Å². The summed E-state index contributed by atoms with van der Waals surface area (Å²) in [5.41, 5.74) is 2.53. The van der Waals surface area contributed by atoms with Crippen molar-refractivity contribution < 1.29 is 9.90 Å². The minimum absolute atomic E-state index is 0.00532. The number of hydrogen-bond donors (Lipinski definition) is 3. The van der Waals surface area contributed by atoms with Crippen molar-refractivity contribution in [2.75, 3.05) is 14.1 Å². The Balaban J connectivity index is 3.51. The number of carboxylic acid groups (broad SMARTS) is 1. The summed E-state index contributed by atoms with van der Waals surface area (Å²) in [5, 5.41) is 15.2. The van der Waals surface area contributed by atoms with Crippen molar-refractivity contribution in [3.05, 3.63) is 72.2 Å². The van der Waals surface area contributed by atoms with E-state index in [1.807, 2.05) is 19.9 Å². The predicted molar refractivity (Wildman–Crippen MR) is 126 cm³/mol. The average Bonchev–Trinajstić information content (AvgIpc) is 2.67. The summed E-state index contributed by atoms with van der Waals surface area (Å²) in [6.45, 7) is 15.4. The number of rotatable bonds is 6. The lowest BCUT2D eigenvalue weighted by atomic mass is 9.94. The zero-order valence-electron chi connectivity index (χ0n) is 17.8. The second-order valence-corrected chi connectivity index (χ2v) is 7.07. The van der Waals surface area contributed by atoms with Crippen LogP contribution in [0.15, 0.2) is 87.1 Å². The Kier molecular flexibility index (Phi) is 9.71. The molecule has 0 saturated heterocycles. The van der Waals surface area contributed by atoms with Gasteiger partial charge in [-0.05, 0) is 32.4 Å². The highest BCUT2D eigenvalue weighted by Crippen LogP contribution is 2.27. The van der Waals surface area contributed by atoms with Gasteiger partial charge in [0.2, 0.25) is 5.96 Å². The van der Waals surface area contributed by atoms with Gasteiger partial charge < -0.3 is 15.7 Å². The molecule has 7 nitrogen and oxygen atoms in total. The van der Waals surface area contributed by atoms with Gasteiger partial charge in [0.05, 0.1) is 11.3 Å². The molecule has 1 atom stereocenters. The molecule has 1 aliphatic rings. The summed E-state index contributed by atoms with van der Waals surface area (Å²) in [5.74, 6) is -0.388. The minimum Gasteiger partial charge on any atom is -0.478 e. The smallest absolute Gasteiger partial charge is 0.335 e. The van der Waals surface area contributed by atoms with E-state index in [2.05, 4.69) is 45.3 Å². The van der Waals surface area contributed by atoms with Gasteiger partial charge in [-0.25, -0.2) is 14.8 Å². The molecule has 1 aliphatic heterocycles. The van der Waals surface area contributed by atoms with Crippen molar-refractivity contribution in [2.45, 2.75) is 25.6 Å². The van der Waals surface area contributed by atoms with Gasteiger partial charge in [-0.15, -0.1) is 11.6 Å². The van der Waals surface area contributed by atoms with Gasteiger partial charge in [-0.3, -0.25) is 4.99 Å². The molecular weight excluding hydrogens is 402 g/mol. The Morgan fingerprint density at radius 2 is 2.07 bits per heavy atom. The molecule has 30 heavy (non-hydrogen) atoms. The number of guanidine groups is 1. The van der Waals surface area contributed by atoms with Crippen molar-refractivity contribution in [2.24, 2.45) is 15.0 Å². The average molecular weight is 430 g/mol. The van der Waals surface area contributed by atoms with E-state index in [0.717, 1.165) is 0 Å². The number of aliphatic carboxylic acids is 1. The lowest BCUT2D eigenvalue weighted by Gasteiger charge is -2.23. The van der Waals surface area contributed by atoms with Gasteiger partial charge in [-0.1, -0.05) is 31.9 Å². The van der Waals surface area contributed by atoms with E-state index < -0.39 is 5.97 Å². The van der Waals surface area contributed by atoms with Crippen LogP contribution in [0.25, 0.3) is 0 Å². The quantitative estimate of drug-likeness (QED) is 0.197. The van der Waals surface area contributed by atoms with Crippen LogP contribution < -0.4 is 10.6 Å². The zero-order valence-corrected chi connectivity index (χ0v) is 18.5. The molecule has 8 heteroatoms. The van der Waals surface area contributed by atoms with Crippen LogP contribution >= 0.6 is 11.6 Å². The highest BCUT2D eigenvalue weighted by Gasteiger charge is 2.26. The first-order chi connectivity index (χ1) is 14.1. The lowest BCUT2D eigenvalue weighted by Crippen LogP contribution is -2.36. The number of alkyl halides is 1. The van der Waals surface area contributed by atoms with Crippen LogP contribution in [0.4, 0.5) is 0 Å². The summed E-state index contributed by atoms with van der Waals surface area (Å²) in [6.07, 6.45) is 7.55. The fourth-order valence-corrected chi connectivity index (χ4v) is 2.54. The molecule has 0 aliphatic carbocycles. The molecule has 1 unspecified atom stereocenters. The van der Waals surface area contributed by atoms with Gasteiger partial charge in [-0.2, -0.15) is 0 Å². The molecule has 1 rings (SSSR count). The summed E-state index contributed by atoms with van der Waals surface area (Å²) >= 11 is 5.96. The predicted octanol–water partition coefficient (Wildman–Crippen LogP) is 3.75. The lowest BCUT2D eigenvalue weighted by molar-refractivity contribution is -0.132. The third kappa shape index (κ3) is 7.00. The van der Waals surface area contributed by atoms with Crippen LogP contribution in [0, 0.1) is 0 Å². The van der Waals surface area contributed by atoms with Gasteiger partial charge in [0.15, 0.2) is 5.84 Å². The molecule has 0 saturated carbocycles. The van der Waals surface area contributed by atoms with Crippen LogP contribution in [0.5, 0.6) is 0 Å². The van der Waals surface area contributed by atoms with Gasteiger partial charge in [0.1, 0.15) is 5.71 Å². The van der Waals surface area contributed by atoms with Gasteiger partial charge >= 0.3 is 5.97 Å². The van der Waals surface area contributed by atoms with E-state index in [1.54, 1.807) is 26.2 Å². The van der Waals surface area contributed by atoms with Gasteiger partial charge in [0.25, 0.3) is 0 Å². The fourth-order valence-electron chi connectivity index (χ4n) is 2.44. The second-order valence-electron chi connectivity index (χ2n) is 6.33. The molecule has 0 spiro atoms. The molecule has 0 bridgehead atoms. The normalized spacial score (nSPS) is 19.9. The van der Waals surface area contributed by atoms with Crippen LogP contribution in [-0.4, -0.2) is 48.1 Å². The zero-order chi connectivity index (χ0) is 22.8. The molecule has 1 heterocycles. The minimum atomic E-state index is -1.13. The third-order valence-electron chi connectivity index (χ3n) is 3.93. The maximum absolute atomic E-state index is 11.2. The molecule has 160 valence electrons. The van der Waals surface area contributed by atoms with Crippen LogP contribution in [-0.2, 0) is 4.79 Å². The van der Waals surface area contributed by atoms with E-state index >= 15 is 0 Å². The van der Waals surface area contributed by atoms with E-state index in [4.69, 9.17) is 11.6 Å². The molecule has 0 aromatic rings. The number of halogens is 1. The van der Waals surface area contributed by atoms with Crippen LogP contribution in [0.1, 0.15) is 20.3 Å². The molecule has 0 aromatic carbocycles. The van der Waals surface area contributed by atoms with E-state index in [9.17, 15) is 9.90 Å². The number of aliphatic imine (C=N–C) groups is 3. The summed E-state index contributed by atoms with van der Waals surface area (Å²) in [7, 11) is 3.31. The number of hydrogen-bond acceptors (Lipinski definition) is 4. The maximum atomic E-state index is 11.2. The molecule has 0 amide bonds. The third-order valence-corrected chi connectivity index (χ3v) is 4.11. The van der Waals surface area contributed by atoms with Crippen molar-refractivity contribution in [1.29, 1.82) is 0 Å². The van der Waals surface area contributed by atoms with Crippen molar-refractivity contribution >= 4 is 35.1 Å². The number of allylic oxidation sites excluding steroid dienone is 4.